The van der Waals surface area contributed by atoms with E-state index >= 15 is 0 Å². The second-order valence-corrected chi connectivity index (χ2v) is 5.27. The zero-order valence-electron chi connectivity index (χ0n) is 13.0. The van der Waals surface area contributed by atoms with Gasteiger partial charge in [-0.1, -0.05) is 6.92 Å². The Balaban J connectivity index is 2.04. The maximum absolute atomic E-state index is 13.2. The predicted molar refractivity (Wildman–Crippen MR) is 89.5 cm³/mol. The number of rotatable bonds is 6. The number of H-pyrrole nitrogens is 1. The minimum atomic E-state index is -0.248. The first-order chi connectivity index (χ1) is 11.3. The van der Waals surface area contributed by atoms with Gasteiger partial charge in [0, 0.05) is 42.2 Å². The number of nitrogens with one attached hydrogen (secondary N) is 2. The Bertz CT molecular complexity index is 750. The SMILES string of the molecule is CCNCCc1[nH]nc(-c2ccc(F)cc2)c1-c1ccncc1. The van der Waals surface area contributed by atoms with E-state index in [2.05, 4.69) is 27.4 Å². The third kappa shape index (κ3) is 3.46. The lowest BCUT2D eigenvalue weighted by Crippen LogP contribution is -2.16. The maximum Gasteiger partial charge on any atom is 0.123 e. The molecule has 3 rings (SSSR count). The van der Waals surface area contributed by atoms with Crippen molar-refractivity contribution in [3.8, 4) is 22.4 Å². The third-order valence-corrected chi connectivity index (χ3v) is 3.73. The molecule has 5 heteroatoms. The normalized spacial score (nSPS) is 10.9. The first kappa shape index (κ1) is 15.4. The van der Waals surface area contributed by atoms with E-state index < -0.39 is 0 Å². The molecule has 0 aliphatic heterocycles. The van der Waals surface area contributed by atoms with E-state index in [4.69, 9.17) is 0 Å². The minimum absolute atomic E-state index is 0.248. The topological polar surface area (TPSA) is 53.6 Å². The van der Waals surface area contributed by atoms with Gasteiger partial charge in [0.15, 0.2) is 0 Å². The van der Waals surface area contributed by atoms with Crippen LogP contribution in [-0.2, 0) is 6.42 Å². The van der Waals surface area contributed by atoms with E-state index in [0.717, 1.165) is 47.6 Å². The zero-order valence-corrected chi connectivity index (χ0v) is 13.0. The molecular weight excluding hydrogens is 291 g/mol. The maximum atomic E-state index is 13.2. The largest absolute Gasteiger partial charge is 0.317 e. The van der Waals surface area contributed by atoms with Gasteiger partial charge in [0.2, 0.25) is 0 Å². The molecule has 0 spiro atoms. The van der Waals surface area contributed by atoms with E-state index in [9.17, 15) is 4.39 Å². The third-order valence-electron chi connectivity index (χ3n) is 3.73. The van der Waals surface area contributed by atoms with Gasteiger partial charge in [-0.2, -0.15) is 5.10 Å². The molecule has 0 amide bonds. The highest BCUT2D eigenvalue weighted by Gasteiger charge is 2.16. The zero-order chi connectivity index (χ0) is 16.1. The molecule has 4 nitrogen and oxygen atoms in total. The van der Waals surface area contributed by atoms with Crippen molar-refractivity contribution in [3.05, 3.63) is 60.3 Å². The van der Waals surface area contributed by atoms with Crippen LogP contribution in [0.1, 0.15) is 12.6 Å². The van der Waals surface area contributed by atoms with Crippen LogP contribution in [0.5, 0.6) is 0 Å². The van der Waals surface area contributed by atoms with Crippen molar-refractivity contribution in [2.45, 2.75) is 13.3 Å². The summed E-state index contributed by atoms with van der Waals surface area (Å²) in [5.74, 6) is -0.248. The number of likely N-dealkylation sites (N-methyl/N-ethyl adjacent to an activating group) is 1. The van der Waals surface area contributed by atoms with Gasteiger partial charge in [-0.05, 0) is 48.5 Å². The van der Waals surface area contributed by atoms with Gasteiger partial charge in [0.25, 0.3) is 0 Å². The van der Waals surface area contributed by atoms with Gasteiger partial charge in [0.05, 0.1) is 0 Å². The van der Waals surface area contributed by atoms with Crippen LogP contribution in [0.2, 0.25) is 0 Å². The Hall–Kier alpha value is -2.53. The van der Waals surface area contributed by atoms with Crippen LogP contribution in [0.3, 0.4) is 0 Å². The molecule has 0 aliphatic rings. The van der Waals surface area contributed by atoms with Crippen molar-refractivity contribution in [1.82, 2.24) is 20.5 Å². The summed E-state index contributed by atoms with van der Waals surface area (Å²) < 4.78 is 13.2. The quantitative estimate of drug-likeness (QED) is 0.686. The number of benzene rings is 1. The Kier molecular flexibility index (Phi) is 4.78. The monoisotopic (exact) mass is 310 g/mol. The summed E-state index contributed by atoms with van der Waals surface area (Å²) in [6.45, 7) is 3.89. The number of halogens is 1. The molecule has 0 saturated heterocycles. The van der Waals surface area contributed by atoms with Crippen LogP contribution < -0.4 is 5.32 Å². The number of pyridine rings is 1. The average molecular weight is 310 g/mol. The molecule has 0 unspecified atom stereocenters. The molecular formula is C18H19FN4. The summed E-state index contributed by atoms with van der Waals surface area (Å²) >= 11 is 0. The van der Waals surface area contributed by atoms with Crippen LogP contribution in [0.15, 0.2) is 48.8 Å². The molecule has 1 aromatic carbocycles. The summed E-state index contributed by atoms with van der Waals surface area (Å²) in [6, 6.07) is 10.4. The number of nitrogens with zero attached hydrogens (tertiary/aromatic N) is 2. The second-order valence-electron chi connectivity index (χ2n) is 5.27. The number of hydrogen-bond donors (Lipinski definition) is 2. The van der Waals surface area contributed by atoms with E-state index in [-0.39, 0.29) is 5.82 Å². The fraction of sp³-hybridized carbons (Fsp3) is 0.222. The molecule has 0 radical (unpaired) electrons. The van der Waals surface area contributed by atoms with Crippen molar-refractivity contribution in [2.75, 3.05) is 13.1 Å². The first-order valence-corrected chi connectivity index (χ1v) is 7.74. The Labute approximate surface area is 134 Å². The smallest absolute Gasteiger partial charge is 0.123 e. The van der Waals surface area contributed by atoms with E-state index in [0.29, 0.717) is 0 Å². The minimum Gasteiger partial charge on any atom is -0.317 e. The van der Waals surface area contributed by atoms with Crippen molar-refractivity contribution >= 4 is 0 Å². The molecule has 0 saturated carbocycles. The van der Waals surface area contributed by atoms with Crippen LogP contribution in [0, 0.1) is 5.82 Å². The van der Waals surface area contributed by atoms with E-state index in [1.807, 2.05) is 12.1 Å². The number of hydrogen-bond acceptors (Lipinski definition) is 3. The Morgan fingerprint density at radius 1 is 1.04 bits per heavy atom. The van der Waals surface area contributed by atoms with Gasteiger partial charge >= 0.3 is 0 Å². The molecule has 0 aliphatic carbocycles. The molecule has 3 aromatic rings. The van der Waals surface area contributed by atoms with Crippen LogP contribution in [-0.4, -0.2) is 28.3 Å². The summed E-state index contributed by atoms with van der Waals surface area (Å²) in [4.78, 5) is 4.08. The summed E-state index contributed by atoms with van der Waals surface area (Å²) in [6.07, 6.45) is 4.38. The van der Waals surface area contributed by atoms with Gasteiger partial charge in [0.1, 0.15) is 11.5 Å². The average Bonchev–Trinajstić information content (AvgIpc) is 3.00. The van der Waals surface area contributed by atoms with Crippen molar-refractivity contribution < 1.29 is 4.39 Å². The summed E-state index contributed by atoms with van der Waals surface area (Å²) in [5.41, 5.74) is 4.90. The van der Waals surface area contributed by atoms with Crippen LogP contribution in [0.25, 0.3) is 22.4 Å². The van der Waals surface area contributed by atoms with Gasteiger partial charge < -0.3 is 5.32 Å². The Morgan fingerprint density at radius 3 is 2.48 bits per heavy atom. The van der Waals surface area contributed by atoms with E-state index in [1.54, 1.807) is 24.5 Å². The standard InChI is InChI=1S/C18H19FN4/c1-2-20-12-9-16-17(13-7-10-21-11-8-13)18(23-22-16)14-3-5-15(19)6-4-14/h3-8,10-11,20H,2,9,12H2,1H3,(H,22,23). The van der Waals surface area contributed by atoms with Crippen molar-refractivity contribution in [3.63, 3.8) is 0 Å². The van der Waals surface area contributed by atoms with Gasteiger partial charge in [-0.15, -0.1) is 0 Å². The number of aromatic amines is 1. The molecule has 23 heavy (non-hydrogen) atoms. The molecule has 0 bridgehead atoms. The highest BCUT2D eigenvalue weighted by molar-refractivity contribution is 5.82. The van der Waals surface area contributed by atoms with Crippen LogP contribution in [0.4, 0.5) is 4.39 Å². The second kappa shape index (κ2) is 7.15. The summed E-state index contributed by atoms with van der Waals surface area (Å²) in [5, 5.41) is 10.9. The predicted octanol–water partition coefficient (Wildman–Crippen LogP) is 3.43. The van der Waals surface area contributed by atoms with Crippen molar-refractivity contribution in [1.29, 1.82) is 0 Å². The number of aromatic nitrogens is 3. The van der Waals surface area contributed by atoms with Crippen LogP contribution >= 0.6 is 0 Å². The highest BCUT2D eigenvalue weighted by atomic mass is 19.1. The van der Waals surface area contributed by atoms with E-state index in [1.165, 1.54) is 12.1 Å². The lowest BCUT2D eigenvalue weighted by Gasteiger charge is -2.07. The molecule has 118 valence electrons. The van der Waals surface area contributed by atoms with Gasteiger partial charge in [-0.25, -0.2) is 4.39 Å². The molecule has 2 N–H and O–H groups in total. The lowest BCUT2D eigenvalue weighted by molar-refractivity contribution is 0.628. The molecule has 0 atom stereocenters. The fourth-order valence-electron chi connectivity index (χ4n) is 2.60. The first-order valence-electron chi connectivity index (χ1n) is 7.74. The molecule has 0 fully saturated rings. The van der Waals surface area contributed by atoms with Gasteiger partial charge in [-0.3, -0.25) is 10.1 Å². The highest BCUT2D eigenvalue weighted by Crippen LogP contribution is 2.33. The summed E-state index contributed by atoms with van der Waals surface area (Å²) in [7, 11) is 0. The Morgan fingerprint density at radius 2 is 1.78 bits per heavy atom. The fourth-order valence-corrected chi connectivity index (χ4v) is 2.60. The molecule has 2 aromatic heterocycles. The molecule has 2 heterocycles. The lowest BCUT2D eigenvalue weighted by atomic mass is 9.98. The van der Waals surface area contributed by atoms with Crippen molar-refractivity contribution in [2.24, 2.45) is 0 Å².